The molecule has 2 rings (SSSR count). The average molecular weight is 391 g/mol. The van der Waals surface area contributed by atoms with Gasteiger partial charge in [0.2, 0.25) is 5.75 Å². The number of imidazole rings is 1. The maximum Gasteiger partial charge on any atom is 0.274 e. The largest absolute Gasteiger partial charge is 0.493 e. The van der Waals surface area contributed by atoms with E-state index in [-0.39, 0.29) is 5.82 Å². The normalized spacial score (nSPS) is 11.1. The second kappa shape index (κ2) is 10.0. The summed E-state index contributed by atoms with van der Waals surface area (Å²) in [6.07, 6.45) is 5.20. The van der Waals surface area contributed by atoms with Gasteiger partial charge >= 0.3 is 0 Å². The van der Waals surface area contributed by atoms with Crippen molar-refractivity contribution in [2.75, 3.05) is 33.2 Å². The van der Waals surface area contributed by atoms with Crippen LogP contribution in [0.3, 0.4) is 0 Å². The van der Waals surface area contributed by atoms with Gasteiger partial charge in [-0.15, -0.1) is 0 Å². The van der Waals surface area contributed by atoms with E-state index in [0.29, 0.717) is 29.5 Å². The van der Waals surface area contributed by atoms with Crippen LogP contribution in [0.25, 0.3) is 0 Å². The van der Waals surface area contributed by atoms with Crippen molar-refractivity contribution in [1.29, 1.82) is 0 Å². The predicted molar refractivity (Wildman–Crippen MR) is 104 cm³/mol. The van der Waals surface area contributed by atoms with Gasteiger partial charge in [-0.1, -0.05) is 0 Å². The van der Waals surface area contributed by atoms with Gasteiger partial charge in [-0.05, 0) is 13.3 Å². The number of nitrogens with zero attached hydrogens (tertiary/aromatic N) is 3. The lowest BCUT2D eigenvalue weighted by molar-refractivity contribution is -0.403. The number of methoxy groups -OCH3 is 3. The lowest BCUT2D eigenvalue weighted by Crippen LogP contribution is -2.23. The highest BCUT2D eigenvalue weighted by Crippen LogP contribution is 2.40. The Morgan fingerprint density at radius 3 is 2.43 bits per heavy atom. The summed E-state index contributed by atoms with van der Waals surface area (Å²) < 4.78 is 17.9. The van der Waals surface area contributed by atoms with Crippen LogP contribution < -0.4 is 24.8 Å². The van der Waals surface area contributed by atoms with Crippen LogP contribution in [0, 0.1) is 17.0 Å². The van der Waals surface area contributed by atoms with Gasteiger partial charge in [0.05, 0.1) is 32.6 Å². The molecule has 0 unspecified atom stereocenters. The van der Waals surface area contributed by atoms with Crippen LogP contribution >= 0.6 is 0 Å². The molecule has 0 bridgehead atoms. The highest BCUT2D eigenvalue weighted by Gasteiger charge is 2.14. The van der Waals surface area contributed by atoms with Crippen LogP contribution in [0.1, 0.15) is 12.1 Å². The first-order valence-corrected chi connectivity index (χ1v) is 8.61. The van der Waals surface area contributed by atoms with E-state index in [0.717, 1.165) is 24.9 Å². The van der Waals surface area contributed by atoms with Crippen LogP contribution in [0.5, 0.6) is 17.2 Å². The second-order valence-corrected chi connectivity index (χ2v) is 5.88. The van der Waals surface area contributed by atoms with Crippen molar-refractivity contribution >= 4 is 5.69 Å². The Balaban J connectivity index is 2.07. The summed E-state index contributed by atoms with van der Waals surface area (Å²) >= 11 is 0. The van der Waals surface area contributed by atoms with Gasteiger partial charge in [-0.25, -0.2) is 4.98 Å². The summed E-state index contributed by atoms with van der Waals surface area (Å²) in [4.78, 5) is 14.5. The zero-order valence-corrected chi connectivity index (χ0v) is 16.4. The molecule has 1 heterocycles. The number of anilines is 1. The molecular weight excluding hydrogens is 366 g/mol. The summed E-state index contributed by atoms with van der Waals surface area (Å²) in [5.74, 6) is 1.58. The van der Waals surface area contributed by atoms with Gasteiger partial charge in [-0.2, -0.15) is 0 Å². The minimum atomic E-state index is -0.521. The Morgan fingerprint density at radius 1 is 1.25 bits per heavy atom. The molecule has 0 amide bonds. The van der Waals surface area contributed by atoms with Crippen molar-refractivity contribution in [3.05, 3.63) is 52.5 Å². The summed E-state index contributed by atoms with van der Waals surface area (Å²) in [5.41, 5.74) is 1.62. The summed E-state index contributed by atoms with van der Waals surface area (Å²) in [7, 11) is 4.52. The van der Waals surface area contributed by atoms with Gasteiger partial charge in [0.15, 0.2) is 17.3 Å². The molecule has 0 saturated carbocycles. The number of aromatic nitrogens is 2. The molecule has 2 N–H and O–H groups in total. The Bertz CT molecular complexity index is 809. The zero-order valence-electron chi connectivity index (χ0n) is 16.4. The van der Waals surface area contributed by atoms with E-state index < -0.39 is 4.92 Å². The third-order valence-corrected chi connectivity index (χ3v) is 3.99. The molecule has 0 fully saturated rings. The van der Waals surface area contributed by atoms with Crippen LogP contribution in [-0.4, -0.2) is 42.3 Å². The number of ether oxygens (including phenoxy) is 3. The lowest BCUT2D eigenvalue weighted by Gasteiger charge is -2.16. The van der Waals surface area contributed by atoms with Gasteiger partial charge in [0.1, 0.15) is 0 Å². The van der Waals surface area contributed by atoms with Crippen LogP contribution in [0.2, 0.25) is 0 Å². The molecule has 10 nitrogen and oxygen atoms in total. The molecule has 0 aliphatic carbocycles. The van der Waals surface area contributed by atoms with Crippen LogP contribution in [0.15, 0.2) is 36.7 Å². The molecule has 0 radical (unpaired) electrons. The molecule has 10 heteroatoms. The molecule has 0 spiro atoms. The Hall–Kier alpha value is -3.43. The zero-order chi connectivity index (χ0) is 20.5. The first-order valence-electron chi connectivity index (χ1n) is 8.61. The van der Waals surface area contributed by atoms with E-state index in [1.54, 1.807) is 24.7 Å². The molecular formula is C18H25N5O5. The minimum Gasteiger partial charge on any atom is -0.493 e. The van der Waals surface area contributed by atoms with Gasteiger partial charge in [0, 0.05) is 42.8 Å². The molecule has 0 saturated heterocycles. The quantitative estimate of drug-likeness (QED) is 0.341. The van der Waals surface area contributed by atoms with Crippen LogP contribution in [-0.2, 0) is 6.54 Å². The van der Waals surface area contributed by atoms with Crippen LogP contribution in [0.4, 0.5) is 5.69 Å². The van der Waals surface area contributed by atoms with Gasteiger partial charge in [-0.3, -0.25) is 10.1 Å². The molecule has 152 valence electrons. The topological polar surface area (TPSA) is 113 Å². The fraction of sp³-hybridized carbons (Fsp3) is 0.389. The SMILES string of the molecule is COc1cc(N/C(=C/[N+](=O)[O-])NCCCn2cncc2C)cc(OC)c1OC. The van der Waals surface area contributed by atoms with E-state index in [2.05, 4.69) is 15.6 Å². The summed E-state index contributed by atoms with van der Waals surface area (Å²) in [5, 5.41) is 17.0. The first-order chi connectivity index (χ1) is 13.5. The minimum absolute atomic E-state index is 0.252. The highest BCUT2D eigenvalue weighted by atomic mass is 16.6. The third kappa shape index (κ3) is 5.53. The number of nitro groups is 1. The molecule has 1 aromatic heterocycles. The van der Waals surface area contributed by atoms with E-state index in [9.17, 15) is 10.1 Å². The van der Waals surface area contributed by atoms with Gasteiger partial charge < -0.3 is 29.4 Å². The molecule has 28 heavy (non-hydrogen) atoms. The number of nitrogens with one attached hydrogen (secondary N) is 2. The average Bonchev–Trinajstić information content (AvgIpc) is 3.08. The first kappa shape index (κ1) is 20.9. The number of benzene rings is 1. The number of rotatable bonds is 11. The molecule has 0 atom stereocenters. The van der Waals surface area contributed by atoms with E-state index in [1.807, 2.05) is 11.5 Å². The molecule has 1 aromatic carbocycles. The van der Waals surface area contributed by atoms with Crippen molar-refractivity contribution in [2.24, 2.45) is 0 Å². The van der Waals surface area contributed by atoms with E-state index >= 15 is 0 Å². The number of hydrogen-bond donors (Lipinski definition) is 2. The Labute approximate surface area is 163 Å². The van der Waals surface area contributed by atoms with E-state index in [1.165, 1.54) is 21.3 Å². The maximum atomic E-state index is 11.0. The highest BCUT2D eigenvalue weighted by molar-refractivity contribution is 5.63. The molecule has 2 aromatic rings. The fourth-order valence-electron chi connectivity index (χ4n) is 2.63. The van der Waals surface area contributed by atoms with E-state index in [4.69, 9.17) is 14.2 Å². The maximum absolute atomic E-state index is 11.0. The lowest BCUT2D eigenvalue weighted by atomic mass is 10.2. The second-order valence-electron chi connectivity index (χ2n) is 5.88. The smallest absolute Gasteiger partial charge is 0.274 e. The van der Waals surface area contributed by atoms with Crippen molar-refractivity contribution in [2.45, 2.75) is 19.9 Å². The Morgan fingerprint density at radius 2 is 1.93 bits per heavy atom. The fourth-order valence-corrected chi connectivity index (χ4v) is 2.63. The standard InChI is InChI=1S/C18H25N5O5/c1-13-10-19-12-22(13)7-5-6-20-17(11-23(24)25)21-14-8-15(26-2)18(28-4)16(9-14)27-3/h8-12,20-21H,5-7H2,1-4H3/b17-11+. The van der Waals surface area contributed by atoms with Crippen molar-refractivity contribution in [3.63, 3.8) is 0 Å². The number of hydrogen-bond acceptors (Lipinski definition) is 8. The summed E-state index contributed by atoms with van der Waals surface area (Å²) in [6.45, 7) is 3.27. The van der Waals surface area contributed by atoms with Crippen molar-refractivity contribution in [1.82, 2.24) is 14.9 Å². The van der Waals surface area contributed by atoms with Gasteiger partial charge in [0.25, 0.3) is 6.20 Å². The van der Waals surface area contributed by atoms with Crippen molar-refractivity contribution < 1.29 is 19.1 Å². The Kier molecular flexibility index (Phi) is 7.49. The predicted octanol–water partition coefficient (Wildman–Crippen LogP) is 2.38. The summed E-state index contributed by atoms with van der Waals surface area (Å²) in [6, 6.07) is 3.34. The van der Waals surface area contributed by atoms with Crippen molar-refractivity contribution in [3.8, 4) is 17.2 Å². The third-order valence-electron chi connectivity index (χ3n) is 3.99. The molecule has 0 aliphatic heterocycles. The monoisotopic (exact) mass is 391 g/mol. The number of aryl methyl sites for hydroxylation is 2. The molecule has 0 aliphatic rings.